The highest BCUT2D eigenvalue weighted by molar-refractivity contribution is 7.92. The van der Waals surface area contributed by atoms with E-state index < -0.39 is 21.3 Å². The number of fused-ring (bicyclic) bond motifs is 2. The number of nitrogens with zero attached hydrogens (tertiary/aromatic N) is 4. The number of H-pyrrole nitrogens is 1. The van der Waals surface area contributed by atoms with Crippen molar-refractivity contribution in [1.29, 1.82) is 0 Å². The molecule has 0 bridgehead atoms. The van der Waals surface area contributed by atoms with Crippen LogP contribution in [0.15, 0.2) is 69.2 Å². The van der Waals surface area contributed by atoms with Crippen molar-refractivity contribution in [2.45, 2.75) is 31.6 Å². The molecule has 2 aromatic heterocycles. The van der Waals surface area contributed by atoms with Crippen molar-refractivity contribution in [3.05, 3.63) is 81.3 Å². The van der Waals surface area contributed by atoms with Crippen LogP contribution in [0.2, 0.25) is 0 Å². The van der Waals surface area contributed by atoms with Crippen LogP contribution in [0.4, 0.5) is 5.69 Å². The molecule has 2 aromatic carbocycles. The summed E-state index contributed by atoms with van der Waals surface area (Å²) < 4.78 is 31.7. The monoisotopic (exact) mass is 479 g/mol. The van der Waals surface area contributed by atoms with E-state index in [0.29, 0.717) is 36.0 Å². The van der Waals surface area contributed by atoms with E-state index in [-0.39, 0.29) is 16.0 Å². The minimum Gasteiger partial charge on any atom is -0.306 e. The van der Waals surface area contributed by atoms with E-state index >= 15 is 0 Å². The lowest BCUT2D eigenvalue weighted by Gasteiger charge is -2.25. The Hall–Kier alpha value is -3.66. The number of aromatic nitrogens is 4. The van der Waals surface area contributed by atoms with Crippen molar-refractivity contribution >= 4 is 26.6 Å². The molecule has 5 rings (SSSR count). The van der Waals surface area contributed by atoms with E-state index in [1.807, 2.05) is 7.05 Å². The highest BCUT2D eigenvalue weighted by atomic mass is 32.2. The predicted molar refractivity (Wildman–Crippen MR) is 130 cm³/mol. The summed E-state index contributed by atoms with van der Waals surface area (Å²) in [6.07, 6.45) is 2.95. The van der Waals surface area contributed by atoms with Gasteiger partial charge in [0, 0.05) is 13.6 Å². The number of hydrogen-bond acceptors (Lipinski definition) is 5. The topological polar surface area (TPSA) is 110 Å². The number of rotatable bonds is 3. The molecule has 0 radical (unpaired) electrons. The van der Waals surface area contributed by atoms with Gasteiger partial charge in [-0.2, -0.15) is 5.10 Å². The maximum atomic E-state index is 13.8. The molecule has 176 valence electrons. The van der Waals surface area contributed by atoms with Crippen molar-refractivity contribution in [3.8, 4) is 5.69 Å². The van der Waals surface area contributed by atoms with Crippen LogP contribution in [-0.2, 0) is 23.5 Å². The van der Waals surface area contributed by atoms with Crippen molar-refractivity contribution in [2.75, 3.05) is 10.8 Å². The summed E-state index contributed by atoms with van der Waals surface area (Å²) in [7, 11) is -2.17. The third-order valence-electron chi connectivity index (χ3n) is 6.41. The van der Waals surface area contributed by atoms with Gasteiger partial charge in [0.2, 0.25) is 0 Å². The molecule has 0 amide bonds. The number of anilines is 1. The Morgan fingerprint density at radius 2 is 1.82 bits per heavy atom. The zero-order chi connectivity index (χ0) is 24.3. The molecule has 4 aromatic rings. The SMILES string of the molecule is Cn1ncc2c1CC(C)(C)CCN2S(=O)(=O)c1cccc(-n2c(=O)[nH]c3ccccc3c2=O)c1. The normalized spacial score (nSPS) is 15.8. The number of benzene rings is 2. The van der Waals surface area contributed by atoms with Crippen LogP contribution in [0.5, 0.6) is 0 Å². The number of sulfonamides is 1. The van der Waals surface area contributed by atoms with Crippen LogP contribution < -0.4 is 15.6 Å². The van der Waals surface area contributed by atoms with Gasteiger partial charge in [-0.05, 0) is 48.6 Å². The fourth-order valence-electron chi connectivity index (χ4n) is 4.49. The van der Waals surface area contributed by atoms with Gasteiger partial charge in [0.1, 0.15) is 0 Å². The molecular weight excluding hydrogens is 454 g/mol. The lowest BCUT2D eigenvalue weighted by molar-refractivity contribution is 0.337. The van der Waals surface area contributed by atoms with E-state index in [9.17, 15) is 18.0 Å². The Bertz CT molecular complexity index is 1650. The summed E-state index contributed by atoms with van der Waals surface area (Å²) in [5, 5.41) is 4.64. The van der Waals surface area contributed by atoms with Crippen LogP contribution in [0.1, 0.15) is 26.0 Å². The van der Waals surface area contributed by atoms with Gasteiger partial charge in [0.05, 0.1) is 39.1 Å². The second kappa shape index (κ2) is 7.69. The van der Waals surface area contributed by atoms with Gasteiger partial charge in [-0.3, -0.25) is 13.8 Å². The maximum absolute atomic E-state index is 13.8. The quantitative estimate of drug-likeness (QED) is 0.486. The smallest absolute Gasteiger partial charge is 0.306 e. The standard InChI is InChI=1S/C24H25N5O4S/c1-24(2)11-12-28(21-15-25-27(3)20(21)14-24)34(32,33)17-8-6-7-16(13-17)29-22(30)18-9-4-5-10-19(18)26-23(29)31/h4-10,13,15H,11-12,14H2,1-3H3,(H,26,31). The van der Waals surface area contributed by atoms with Crippen molar-refractivity contribution in [3.63, 3.8) is 0 Å². The first-order chi connectivity index (χ1) is 16.1. The molecule has 0 saturated carbocycles. The Labute approximate surface area is 196 Å². The molecule has 9 nitrogen and oxygen atoms in total. The Balaban J connectivity index is 1.64. The van der Waals surface area contributed by atoms with Crippen molar-refractivity contribution in [2.24, 2.45) is 12.5 Å². The largest absolute Gasteiger partial charge is 0.333 e. The zero-order valence-electron chi connectivity index (χ0n) is 19.1. The number of aryl methyl sites for hydroxylation is 1. The first-order valence-electron chi connectivity index (χ1n) is 11.0. The van der Waals surface area contributed by atoms with Crippen LogP contribution in [0, 0.1) is 5.41 Å². The molecule has 0 atom stereocenters. The third kappa shape index (κ3) is 3.54. The summed E-state index contributed by atoms with van der Waals surface area (Å²) in [6, 6.07) is 12.6. The summed E-state index contributed by atoms with van der Waals surface area (Å²) in [6.45, 7) is 4.52. The first-order valence-corrected chi connectivity index (χ1v) is 12.4. The van der Waals surface area contributed by atoms with Crippen molar-refractivity contribution < 1.29 is 8.42 Å². The molecule has 1 aliphatic heterocycles. The van der Waals surface area contributed by atoms with Crippen LogP contribution in [-0.4, -0.2) is 34.3 Å². The molecule has 0 spiro atoms. The van der Waals surface area contributed by atoms with E-state index in [2.05, 4.69) is 23.9 Å². The molecule has 0 unspecified atom stereocenters. The first kappa shape index (κ1) is 22.1. The lowest BCUT2D eigenvalue weighted by atomic mass is 9.85. The highest BCUT2D eigenvalue weighted by Crippen LogP contribution is 2.38. The van der Waals surface area contributed by atoms with Gasteiger partial charge in [-0.15, -0.1) is 0 Å². The fourth-order valence-corrected chi connectivity index (χ4v) is 6.01. The molecule has 0 aliphatic carbocycles. The van der Waals surface area contributed by atoms with Gasteiger partial charge >= 0.3 is 5.69 Å². The van der Waals surface area contributed by atoms with Gasteiger partial charge in [-0.1, -0.05) is 32.0 Å². The number of aromatic amines is 1. The summed E-state index contributed by atoms with van der Waals surface area (Å²) in [5.41, 5.74) is 0.766. The number of para-hydroxylation sites is 1. The molecular formula is C24H25N5O4S. The molecule has 1 N–H and O–H groups in total. The second-order valence-corrected chi connectivity index (χ2v) is 11.2. The van der Waals surface area contributed by atoms with Gasteiger partial charge in [-0.25, -0.2) is 17.8 Å². The van der Waals surface area contributed by atoms with Gasteiger partial charge < -0.3 is 4.98 Å². The Morgan fingerprint density at radius 1 is 1.06 bits per heavy atom. The average molecular weight is 480 g/mol. The maximum Gasteiger partial charge on any atom is 0.333 e. The zero-order valence-corrected chi connectivity index (χ0v) is 20.0. The van der Waals surface area contributed by atoms with E-state index in [1.54, 1.807) is 41.2 Å². The number of hydrogen-bond donors (Lipinski definition) is 1. The van der Waals surface area contributed by atoms with Gasteiger partial charge in [0.25, 0.3) is 15.6 Å². The van der Waals surface area contributed by atoms with Crippen molar-refractivity contribution in [1.82, 2.24) is 19.3 Å². The Kier molecular flexibility index (Phi) is 5.01. The number of nitrogens with one attached hydrogen (secondary N) is 1. The van der Waals surface area contributed by atoms with E-state index in [1.165, 1.54) is 22.5 Å². The predicted octanol–water partition coefficient (Wildman–Crippen LogP) is 2.58. The fraction of sp³-hybridized carbons (Fsp3) is 0.292. The van der Waals surface area contributed by atoms with Crippen LogP contribution >= 0.6 is 0 Å². The molecule has 0 saturated heterocycles. The van der Waals surface area contributed by atoms with E-state index in [4.69, 9.17) is 0 Å². The van der Waals surface area contributed by atoms with E-state index in [0.717, 1.165) is 10.3 Å². The third-order valence-corrected chi connectivity index (χ3v) is 8.22. The van der Waals surface area contributed by atoms with Crippen LogP contribution in [0.25, 0.3) is 16.6 Å². The minimum absolute atomic E-state index is 0.000956. The lowest BCUT2D eigenvalue weighted by Crippen LogP contribution is -2.34. The molecule has 34 heavy (non-hydrogen) atoms. The summed E-state index contributed by atoms with van der Waals surface area (Å²) >= 11 is 0. The second-order valence-electron chi connectivity index (χ2n) is 9.38. The Morgan fingerprint density at radius 3 is 2.62 bits per heavy atom. The average Bonchev–Trinajstić information content (AvgIpc) is 3.05. The molecule has 10 heteroatoms. The molecule has 0 fully saturated rings. The highest BCUT2D eigenvalue weighted by Gasteiger charge is 2.35. The molecule has 1 aliphatic rings. The molecule has 3 heterocycles. The van der Waals surface area contributed by atoms with Gasteiger partial charge in [0.15, 0.2) is 0 Å². The summed E-state index contributed by atoms with van der Waals surface area (Å²) in [5.74, 6) is 0. The summed E-state index contributed by atoms with van der Waals surface area (Å²) in [4.78, 5) is 28.5. The minimum atomic E-state index is -3.98. The van der Waals surface area contributed by atoms with Crippen LogP contribution in [0.3, 0.4) is 0 Å².